The monoisotopic (exact) mass is 264 g/mol. The molecule has 1 rings (SSSR count). The van der Waals surface area contributed by atoms with Gasteiger partial charge in [-0.2, -0.15) is 0 Å². The van der Waals surface area contributed by atoms with Crippen LogP contribution < -0.4 is 0 Å². The smallest absolute Gasteiger partial charge is 0.287 e. The fourth-order valence-corrected chi connectivity index (χ4v) is 2.74. The lowest BCUT2D eigenvalue weighted by molar-refractivity contribution is -0.420. The zero-order chi connectivity index (χ0) is 12.1. The maximum atomic E-state index is 11.6. The molecule has 0 aromatic carbocycles. The zero-order valence-corrected chi connectivity index (χ0v) is 10.5. The maximum Gasteiger partial charge on any atom is 0.342 e. The lowest BCUT2D eigenvalue weighted by Crippen LogP contribution is -2.24. The SMILES string of the molecule is CCCC(=O)/C(=C1/SCCCN1Cl)[N+](=O)[O-]. The summed E-state index contributed by atoms with van der Waals surface area (Å²) in [6.45, 7) is 2.35. The summed E-state index contributed by atoms with van der Waals surface area (Å²) in [6.07, 6.45) is 1.64. The fraction of sp³-hybridized carbons (Fsp3) is 0.667. The molecule has 1 fully saturated rings. The molecule has 5 nitrogen and oxygen atoms in total. The van der Waals surface area contributed by atoms with E-state index in [4.69, 9.17) is 11.8 Å². The Morgan fingerprint density at radius 1 is 1.69 bits per heavy atom. The van der Waals surface area contributed by atoms with Gasteiger partial charge in [-0.3, -0.25) is 19.3 Å². The van der Waals surface area contributed by atoms with Crippen LogP contribution in [0.4, 0.5) is 0 Å². The van der Waals surface area contributed by atoms with E-state index in [9.17, 15) is 14.9 Å². The van der Waals surface area contributed by atoms with Gasteiger partial charge in [-0.1, -0.05) is 6.92 Å². The Bertz CT molecular complexity index is 333. The number of Topliss-reactive ketones (excluding diaryl/α,β-unsaturated/α-hetero) is 1. The van der Waals surface area contributed by atoms with Crippen molar-refractivity contribution in [3.63, 3.8) is 0 Å². The van der Waals surface area contributed by atoms with Gasteiger partial charge in [0.25, 0.3) is 0 Å². The van der Waals surface area contributed by atoms with Crippen molar-refractivity contribution in [3.8, 4) is 0 Å². The molecule has 0 aromatic heterocycles. The van der Waals surface area contributed by atoms with Crippen molar-refractivity contribution in [1.29, 1.82) is 0 Å². The topological polar surface area (TPSA) is 63.5 Å². The largest absolute Gasteiger partial charge is 0.342 e. The molecule has 0 saturated carbocycles. The quantitative estimate of drug-likeness (QED) is 0.338. The number of hydrogen-bond donors (Lipinski definition) is 0. The highest BCUT2D eigenvalue weighted by atomic mass is 35.5. The van der Waals surface area contributed by atoms with Gasteiger partial charge in [0.15, 0.2) is 5.03 Å². The van der Waals surface area contributed by atoms with E-state index in [0.29, 0.717) is 13.0 Å². The number of nitrogens with zero attached hydrogens (tertiary/aromatic N) is 2. The second-order valence-electron chi connectivity index (χ2n) is 3.37. The van der Waals surface area contributed by atoms with Crippen LogP contribution in [-0.2, 0) is 4.79 Å². The van der Waals surface area contributed by atoms with E-state index in [-0.39, 0.29) is 17.1 Å². The van der Waals surface area contributed by atoms with Crippen molar-refractivity contribution < 1.29 is 9.72 Å². The molecule has 0 N–H and O–H groups in total. The minimum Gasteiger partial charge on any atom is -0.287 e. The van der Waals surface area contributed by atoms with E-state index in [0.717, 1.165) is 12.2 Å². The minimum absolute atomic E-state index is 0.186. The standard InChI is InChI=1S/C9H13ClN2O3S/c1-2-4-7(13)8(12(14)15)9-11(10)5-3-6-16-9/h2-6H2,1H3/b9-8-. The Labute approximate surface area is 103 Å². The molecule has 1 heterocycles. The Morgan fingerprint density at radius 3 is 2.88 bits per heavy atom. The van der Waals surface area contributed by atoms with Gasteiger partial charge < -0.3 is 0 Å². The predicted octanol–water partition coefficient (Wildman–Crippen LogP) is 2.39. The van der Waals surface area contributed by atoms with E-state index in [1.54, 1.807) is 0 Å². The van der Waals surface area contributed by atoms with Crippen LogP contribution >= 0.6 is 23.5 Å². The summed E-state index contributed by atoms with van der Waals surface area (Å²) >= 11 is 7.14. The van der Waals surface area contributed by atoms with Crippen LogP contribution in [0.3, 0.4) is 0 Å². The zero-order valence-electron chi connectivity index (χ0n) is 8.94. The molecule has 1 aliphatic heterocycles. The average molecular weight is 265 g/mol. The molecule has 0 atom stereocenters. The fourth-order valence-electron chi connectivity index (χ4n) is 1.37. The van der Waals surface area contributed by atoms with Crippen molar-refractivity contribution in [3.05, 3.63) is 20.8 Å². The third-order valence-electron chi connectivity index (χ3n) is 2.08. The van der Waals surface area contributed by atoms with Gasteiger partial charge in [0.2, 0.25) is 5.78 Å². The van der Waals surface area contributed by atoms with Crippen molar-refractivity contribution in [2.75, 3.05) is 12.3 Å². The van der Waals surface area contributed by atoms with Crippen molar-refractivity contribution >= 4 is 29.3 Å². The van der Waals surface area contributed by atoms with Crippen LogP contribution in [0.5, 0.6) is 0 Å². The van der Waals surface area contributed by atoms with E-state index in [2.05, 4.69) is 0 Å². The summed E-state index contributed by atoms with van der Waals surface area (Å²) in [5.74, 6) is 0.317. The van der Waals surface area contributed by atoms with Gasteiger partial charge >= 0.3 is 5.70 Å². The van der Waals surface area contributed by atoms with Gasteiger partial charge in [0, 0.05) is 30.5 Å². The molecule has 0 aliphatic carbocycles. The predicted molar refractivity (Wildman–Crippen MR) is 63.6 cm³/mol. The highest BCUT2D eigenvalue weighted by Gasteiger charge is 2.31. The molecule has 0 bridgehead atoms. The van der Waals surface area contributed by atoms with Crippen LogP contribution in [0.15, 0.2) is 10.7 Å². The second kappa shape index (κ2) is 6.10. The lowest BCUT2D eigenvalue weighted by Gasteiger charge is -2.22. The summed E-state index contributed by atoms with van der Waals surface area (Å²) < 4.78 is 1.28. The number of carbonyl (C=O) groups excluding carboxylic acids is 1. The van der Waals surface area contributed by atoms with Gasteiger partial charge in [-0.25, -0.2) is 0 Å². The summed E-state index contributed by atoms with van der Waals surface area (Å²) in [7, 11) is 0. The molecule has 7 heteroatoms. The van der Waals surface area contributed by atoms with Crippen molar-refractivity contribution in [2.45, 2.75) is 26.2 Å². The van der Waals surface area contributed by atoms with Crippen LogP contribution in [0, 0.1) is 10.1 Å². The molecular weight excluding hydrogens is 252 g/mol. The Hall–Kier alpha value is -0.750. The molecule has 90 valence electrons. The first kappa shape index (κ1) is 13.3. The molecule has 1 saturated heterocycles. The normalized spacial score (nSPS) is 19.5. The van der Waals surface area contributed by atoms with Gasteiger partial charge in [-0.15, -0.1) is 11.8 Å². The number of thioether (sulfide) groups is 1. The van der Waals surface area contributed by atoms with Gasteiger partial charge in [-0.05, 0) is 12.8 Å². The highest BCUT2D eigenvalue weighted by molar-refractivity contribution is 8.03. The number of nitro groups is 1. The average Bonchev–Trinajstić information content (AvgIpc) is 2.21. The molecule has 1 aliphatic rings. The van der Waals surface area contributed by atoms with Crippen LogP contribution in [0.2, 0.25) is 0 Å². The van der Waals surface area contributed by atoms with E-state index in [1.807, 2.05) is 6.92 Å². The number of rotatable bonds is 4. The highest BCUT2D eigenvalue weighted by Crippen LogP contribution is 2.32. The van der Waals surface area contributed by atoms with Gasteiger partial charge in [0.05, 0.1) is 4.92 Å². The van der Waals surface area contributed by atoms with Gasteiger partial charge in [0.1, 0.15) is 0 Å². The van der Waals surface area contributed by atoms with E-state index < -0.39 is 10.7 Å². The van der Waals surface area contributed by atoms with Crippen molar-refractivity contribution in [2.24, 2.45) is 0 Å². The molecule has 0 spiro atoms. The Morgan fingerprint density at radius 2 is 2.38 bits per heavy atom. The molecule has 16 heavy (non-hydrogen) atoms. The molecular formula is C9H13ClN2O3S. The van der Waals surface area contributed by atoms with E-state index >= 15 is 0 Å². The molecule has 0 radical (unpaired) electrons. The van der Waals surface area contributed by atoms with Crippen LogP contribution in [0.1, 0.15) is 26.2 Å². The first-order chi connectivity index (χ1) is 7.57. The Balaban J connectivity index is 3.02. The number of allylic oxidation sites excluding steroid dienone is 1. The third kappa shape index (κ3) is 3.12. The lowest BCUT2D eigenvalue weighted by atomic mass is 10.2. The number of ketones is 1. The Kier molecular flexibility index (Phi) is 5.08. The molecule has 0 amide bonds. The first-order valence-electron chi connectivity index (χ1n) is 5.06. The third-order valence-corrected chi connectivity index (χ3v) is 3.70. The van der Waals surface area contributed by atoms with E-state index in [1.165, 1.54) is 16.2 Å². The van der Waals surface area contributed by atoms with Crippen molar-refractivity contribution in [1.82, 2.24) is 4.42 Å². The molecule has 0 unspecified atom stereocenters. The number of hydrogen-bond acceptors (Lipinski definition) is 5. The second-order valence-corrected chi connectivity index (χ2v) is 4.86. The number of halogens is 1. The summed E-state index contributed by atoms with van der Waals surface area (Å²) in [6, 6.07) is 0. The summed E-state index contributed by atoms with van der Waals surface area (Å²) in [4.78, 5) is 21.9. The first-order valence-corrected chi connectivity index (χ1v) is 6.38. The number of carbonyl (C=O) groups is 1. The van der Waals surface area contributed by atoms with Crippen LogP contribution in [-0.4, -0.2) is 27.4 Å². The molecule has 0 aromatic rings. The minimum atomic E-state index is -0.624. The van der Waals surface area contributed by atoms with Crippen LogP contribution in [0.25, 0.3) is 0 Å². The summed E-state index contributed by atoms with van der Waals surface area (Å²) in [5, 5.41) is 11.2. The summed E-state index contributed by atoms with van der Waals surface area (Å²) in [5.41, 5.74) is -0.360. The maximum absolute atomic E-state index is 11.6.